The van der Waals surface area contributed by atoms with Crippen LogP contribution in [-0.2, 0) is 10.2 Å². The molecule has 0 bridgehead atoms. The number of thiazole rings is 1. The molecule has 28 heavy (non-hydrogen) atoms. The van der Waals surface area contributed by atoms with Gasteiger partial charge in [0.2, 0.25) is 5.91 Å². The molecule has 2 aromatic rings. The largest absolute Gasteiger partial charge is 0.497 e. The number of rotatable bonds is 6. The van der Waals surface area contributed by atoms with Crippen LogP contribution in [0.5, 0.6) is 5.75 Å². The average Bonchev–Trinajstić information content (AvgIpc) is 3.37. The number of carbonyl (C=O) groups excluding carboxylic acids is 1. The average molecular weight is 402 g/mol. The monoisotopic (exact) mass is 401 g/mol. The highest BCUT2D eigenvalue weighted by atomic mass is 32.1. The van der Waals surface area contributed by atoms with Gasteiger partial charge < -0.3 is 14.5 Å². The number of aromatic nitrogens is 1. The Morgan fingerprint density at radius 2 is 1.89 bits per heavy atom. The molecule has 1 amide bonds. The number of hydrogen-bond donors (Lipinski definition) is 0. The molecule has 0 spiro atoms. The third-order valence-electron chi connectivity index (χ3n) is 5.22. The minimum Gasteiger partial charge on any atom is -0.497 e. The second-order valence-electron chi connectivity index (χ2n) is 8.29. The Bertz CT molecular complexity index is 789. The maximum absolute atomic E-state index is 13.3. The standard InChI is InChI=1S/C22H31N3O2S/c1-6-18(20(26)24-13-7-8-14-24)25(16-9-11-17(27-5)12-10-16)21-23-19(15-28-21)22(2,3)4/h9-12,15,18H,6-8,13-14H2,1-5H3. The van der Waals surface area contributed by atoms with Crippen molar-refractivity contribution in [3.63, 3.8) is 0 Å². The summed E-state index contributed by atoms with van der Waals surface area (Å²) in [6, 6.07) is 7.64. The lowest BCUT2D eigenvalue weighted by Crippen LogP contribution is -2.46. The van der Waals surface area contributed by atoms with Gasteiger partial charge in [0.25, 0.3) is 0 Å². The van der Waals surface area contributed by atoms with Gasteiger partial charge in [-0.25, -0.2) is 4.98 Å². The van der Waals surface area contributed by atoms with Crippen LogP contribution in [0.2, 0.25) is 0 Å². The number of methoxy groups -OCH3 is 1. The van der Waals surface area contributed by atoms with Crippen molar-refractivity contribution in [2.24, 2.45) is 0 Å². The number of ether oxygens (including phenoxy) is 1. The molecule has 152 valence electrons. The Labute approximate surface area is 172 Å². The van der Waals surface area contributed by atoms with Crippen LogP contribution in [0.25, 0.3) is 0 Å². The van der Waals surface area contributed by atoms with E-state index in [0.29, 0.717) is 0 Å². The highest BCUT2D eigenvalue weighted by molar-refractivity contribution is 7.13. The highest BCUT2D eigenvalue weighted by Gasteiger charge is 2.33. The van der Waals surface area contributed by atoms with Gasteiger partial charge in [-0.05, 0) is 43.5 Å². The van der Waals surface area contributed by atoms with Gasteiger partial charge in [-0.3, -0.25) is 4.79 Å². The van der Waals surface area contributed by atoms with Crippen molar-refractivity contribution in [3.8, 4) is 5.75 Å². The third-order valence-corrected chi connectivity index (χ3v) is 6.06. The molecule has 1 saturated heterocycles. The van der Waals surface area contributed by atoms with E-state index in [9.17, 15) is 4.79 Å². The van der Waals surface area contributed by atoms with Crippen LogP contribution in [0.15, 0.2) is 29.6 Å². The summed E-state index contributed by atoms with van der Waals surface area (Å²) in [6.07, 6.45) is 2.91. The fourth-order valence-electron chi connectivity index (χ4n) is 3.50. The van der Waals surface area contributed by atoms with Crippen LogP contribution in [0, 0.1) is 0 Å². The maximum Gasteiger partial charge on any atom is 0.245 e. The smallest absolute Gasteiger partial charge is 0.245 e. The van der Waals surface area contributed by atoms with Gasteiger partial charge in [-0.15, -0.1) is 11.3 Å². The molecule has 1 unspecified atom stereocenters. The number of likely N-dealkylation sites (tertiary alicyclic amines) is 1. The van der Waals surface area contributed by atoms with E-state index in [2.05, 4.69) is 38.0 Å². The molecular weight excluding hydrogens is 370 g/mol. The van der Waals surface area contributed by atoms with E-state index in [0.717, 1.165) is 54.6 Å². The zero-order chi connectivity index (χ0) is 20.3. The minimum absolute atomic E-state index is 0.0268. The molecule has 0 saturated carbocycles. The molecule has 1 aromatic carbocycles. The van der Waals surface area contributed by atoms with Crippen molar-refractivity contribution in [2.75, 3.05) is 25.1 Å². The van der Waals surface area contributed by atoms with Gasteiger partial charge in [0.15, 0.2) is 5.13 Å². The van der Waals surface area contributed by atoms with E-state index < -0.39 is 0 Å². The van der Waals surface area contributed by atoms with Crippen molar-refractivity contribution in [3.05, 3.63) is 35.3 Å². The molecule has 1 aliphatic rings. The van der Waals surface area contributed by atoms with E-state index in [1.165, 1.54) is 0 Å². The fourth-order valence-corrected chi connectivity index (χ4v) is 4.62. The molecular formula is C22H31N3O2S. The Kier molecular flexibility index (Phi) is 6.28. The van der Waals surface area contributed by atoms with Crippen LogP contribution in [-0.4, -0.2) is 42.0 Å². The molecule has 1 fully saturated rings. The summed E-state index contributed by atoms with van der Waals surface area (Å²) < 4.78 is 5.31. The number of carbonyl (C=O) groups is 1. The number of anilines is 2. The number of benzene rings is 1. The molecule has 1 aliphatic heterocycles. The summed E-state index contributed by atoms with van der Waals surface area (Å²) in [6.45, 7) is 10.3. The molecule has 1 atom stereocenters. The lowest BCUT2D eigenvalue weighted by molar-refractivity contribution is -0.131. The normalized spacial score (nSPS) is 15.5. The number of hydrogen-bond acceptors (Lipinski definition) is 5. The number of amides is 1. The predicted octanol–water partition coefficient (Wildman–Crippen LogP) is 4.99. The van der Waals surface area contributed by atoms with E-state index in [1.54, 1.807) is 18.4 Å². The highest BCUT2D eigenvalue weighted by Crippen LogP contribution is 2.36. The first-order valence-corrected chi connectivity index (χ1v) is 10.9. The first kappa shape index (κ1) is 20.6. The third kappa shape index (κ3) is 4.32. The van der Waals surface area contributed by atoms with Crippen molar-refractivity contribution < 1.29 is 9.53 Å². The molecule has 0 radical (unpaired) electrons. The van der Waals surface area contributed by atoms with Crippen molar-refractivity contribution in [1.29, 1.82) is 0 Å². The van der Waals surface area contributed by atoms with E-state index in [4.69, 9.17) is 9.72 Å². The zero-order valence-corrected chi connectivity index (χ0v) is 18.4. The van der Waals surface area contributed by atoms with Crippen molar-refractivity contribution in [2.45, 2.75) is 58.4 Å². The van der Waals surface area contributed by atoms with Crippen LogP contribution in [0.3, 0.4) is 0 Å². The fraction of sp³-hybridized carbons (Fsp3) is 0.545. The Balaban J connectivity index is 2.01. The Morgan fingerprint density at radius 1 is 1.25 bits per heavy atom. The first-order valence-electron chi connectivity index (χ1n) is 10.0. The summed E-state index contributed by atoms with van der Waals surface area (Å²) in [7, 11) is 1.66. The summed E-state index contributed by atoms with van der Waals surface area (Å²) in [5.74, 6) is 1.00. The van der Waals surface area contributed by atoms with Crippen LogP contribution in [0.4, 0.5) is 10.8 Å². The van der Waals surface area contributed by atoms with E-state index in [-0.39, 0.29) is 17.4 Å². The van der Waals surface area contributed by atoms with Crippen molar-refractivity contribution >= 4 is 28.1 Å². The quantitative estimate of drug-likeness (QED) is 0.684. The zero-order valence-electron chi connectivity index (χ0n) is 17.6. The number of nitrogens with zero attached hydrogens (tertiary/aromatic N) is 3. The predicted molar refractivity (Wildman–Crippen MR) is 116 cm³/mol. The van der Waals surface area contributed by atoms with Crippen molar-refractivity contribution in [1.82, 2.24) is 9.88 Å². The first-order chi connectivity index (χ1) is 13.3. The summed E-state index contributed by atoms with van der Waals surface area (Å²) >= 11 is 1.61. The van der Waals surface area contributed by atoms with Crippen LogP contribution < -0.4 is 9.64 Å². The summed E-state index contributed by atoms with van der Waals surface area (Å²) in [5.41, 5.74) is 1.99. The SMILES string of the molecule is CCC(C(=O)N1CCCC1)N(c1ccc(OC)cc1)c1nc(C(C)(C)C)cs1. The van der Waals surface area contributed by atoms with Gasteiger partial charge in [0.05, 0.1) is 12.8 Å². The van der Waals surface area contributed by atoms with Gasteiger partial charge >= 0.3 is 0 Å². The van der Waals surface area contributed by atoms with Gasteiger partial charge in [-0.1, -0.05) is 27.7 Å². The van der Waals surface area contributed by atoms with Gasteiger partial charge in [0.1, 0.15) is 11.8 Å². The van der Waals surface area contributed by atoms with Gasteiger partial charge in [0, 0.05) is 29.6 Å². The molecule has 0 aliphatic carbocycles. The molecule has 0 N–H and O–H groups in total. The molecule has 3 rings (SSSR count). The Hall–Kier alpha value is -2.08. The topological polar surface area (TPSA) is 45.7 Å². The maximum atomic E-state index is 13.3. The minimum atomic E-state index is -0.259. The summed E-state index contributed by atoms with van der Waals surface area (Å²) in [5, 5.41) is 2.98. The van der Waals surface area contributed by atoms with Gasteiger partial charge in [-0.2, -0.15) is 0 Å². The molecule has 5 nitrogen and oxygen atoms in total. The van der Waals surface area contributed by atoms with Crippen LogP contribution >= 0.6 is 11.3 Å². The molecule has 1 aromatic heterocycles. The Morgan fingerprint density at radius 3 is 2.39 bits per heavy atom. The van der Waals surface area contributed by atoms with E-state index in [1.807, 2.05) is 29.2 Å². The van der Waals surface area contributed by atoms with Crippen LogP contribution in [0.1, 0.15) is 52.7 Å². The van der Waals surface area contributed by atoms with E-state index >= 15 is 0 Å². The second kappa shape index (κ2) is 8.52. The lowest BCUT2D eigenvalue weighted by atomic mass is 9.93. The molecule has 2 heterocycles. The lowest BCUT2D eigenvalue weighted by Gasteiger charge is -2.33. The summed E-state index contributed by atoms with van der Waals surface area (Å²) in [4.78, 5) is 22.4. The molecule has 6 heteroatoms. The second-order valence-corrected chi connectivity index (χ2v) is 9.13.